The second-order valence-corrected chi connectivity index (χ2v) is 4.59. The molecule has 24 heavy (non-hydrogen) atoms. The lowest BCUT2D eigenvalue weighted by atomic mass is 10.1. The Balaban J connectivity index is 2.86. The molecule has 3 N–H and O–H groups in total. The molecule has 8 nitrogen and oxygen atoms in total. The summed E-state index contributed by atoms with van der Waals surface area (Å²) < 4.78 is 24.4. The number of nitrogens with two attached hydrogens (primary N) is 1. The number of nitrogens with zero attached hydrogens (tertiary/aromatic N) is 2. The molecule has 124 valence electrons. The van der Waals surface area contributed by atoms with Crippen LogP contribution < -0.4 is 10.5 Å². The van der Waals surface area contributed by atoms with Crippen LogP contribution in [0.5, 0.6) is 5.75 Å². The number of hydrogen-bond acceptors (Lipinski definition) is 6. The highest BCUT2D eigenvalue weighted by Crippen LogP contribution is 2.30. The number of carbonyl (C=O) groups is 2. The van der Waals surface area contributed by atoms with Crippen LogP contribution in [0.1, 0.15) is 26.4 Å². The molecule has 0 spiro atoms. The van der Waals surface area contributed by atoms with Gasteiger partial charge in [0.1, 0.15) is 6.07 Å². The van der Waals surface area contributed by atoms with Gasteiger partial charge in [0.15, 0.2) is 17.3 Å². The molecular formula is C15H12FN3O5. The average Bonchev–Trinajstić information content (AvgIpc) is 2.90. The van der Waals surface area contributed by atoms with Crippen molar-refractivity contribution in [3.05, 3.63) is 41.0 Å². The number of hydrogen-bond donors (Lipinski definition) is 2. The Hall–Kier alpha value is -3.54. The van der Waals surface area contributed by atoms with Crippen molar-refractivity contribution in [2.75, 3.05) is 20.0 Å². The number of ether oxygens (including phenoxy) is 2. The van der Waals surface area contributed by atoms with E-state index in [9.17, 15) is 19.1 Å². The van der Waals surface area contributed by atoms with E-state index in [2.05, 4.69) is 4.74 Å². The van der Waals surface area contributed by atoms with Crippen molar-refractivity contribution >= 4 is 17.6 Å². The molecule has 0 radical (unpaired) electrons. The Labute approximate surface area is 135 Å². The topological polar surface area (TPSA) is 128 Å². The summed E-state index contributed by atoms with van der Waals surface area (Å²) >= 11 is 0. The zero-order valence-electron chi connectivity index (χ0n) is 12.7. The number of carboxylic acids is 1. The number of carboxylic acid groups (broad SMARTS) is 1. The molecule has 0 saturated carbocycles. The van der Waals surface area contributed by atoms with Crippen LogP contribution in [0.2, 0.25) is 0 Å². The van der Waals surface area contributed by atoms with E-state index in [0.29, 0.717) is 0 Å². The lowest BCUT2D eigenvalue weighted by Crippen LogP contribution is -2.14. The molecule has 0 aliphatic rings. The third-order valence-corrected chi connectivity index (χ3v) is 3.30. The summed E-state index contributed by atoms with van der Waals surface area (Å²) in [5.74, 6) is -3.41. The van der Waals surface area contributed by atoms with Crippen molar-refractivity contribution in [1.29, 1.82) is 5.26 Å². The zero-order valence-corrected chi connectivity index (χ0v) is 12.7. The molecule has 2 aromatic rings. The summed E-state index contributed by atoms with van der Waals surface area (Å²) in [5, 5.41) is 18.4. The summed E-state index contributed by atoms with van der Waals surface area (Å²) in [6.07, 6.45) is 1.13. The molecule has 9 heteroatoms. The molecule has 1 aromatic carbocycles. The predicted molar refractivity (Wildman–Crippen MR) is 79.7 cm³/mol. The van der Waals surface area contributed by atoms with Crippen LogP contribution in [0.4, 0.5) is 10.1 Å². The maximum atomic E-state index is 14.0. The van der Waals surface area contributed by atoms with Crippen LogP contribution in [0.3, 0.4) is 0 Å². The van der Waals surface area contributed by atoms with Gasteiger partial charge in [-0.1, -0.05) is 0 Å². The van der Waals surface area contributed by atoms with Gasteiger partial charge in [-0.05, 0) is 6.07 Å². The minimum absolute atomic E-state index is 0.0806. The van der Waals surface area contributed by atoms with Gasteiger partial charge in [-0.15, -0.1) is 0 Å². The Bertz CT molecular complexity index is 882. The first kappa shape index (κ1) is 16.8. The smallest absolute Gasteiger partial charge is 0.357 e. The van der Waals surface area contributed by atoms with Gasteiger partial charge in [-0.25, -0.2) is 14.0 Å². The normalized spacial score (nSPS) is 10.1. The van der Waals surface area contributed by atoms with Crippen molar-refractivity contribution in [2.24, 2.45) is 0 Å². The third kappa shape index (κ3) is 2.61. The van der Waals surface area contributed by atoms with Crippen molar-refractivity contribution in [3.63, 3.8) is 0 Å². The Kier molecular flexibility index (Phi) is 4.41. The summed E-state index contributed by atoms with van der Waals surface area (Å²) in [6, 6.07) is 3.61. The van der Waals surface area contributed by atoms with E-state index in [1.807, 2.05) is 0 Å². The van der Waals surface area contributed by atoms with E-state index in [1.165, 1.54) is 7.11 Å². The second-order valence-electron chi connectivity index (χ2n) is 4.59. The molecule has 0 aliphatic heterocycles. The Morgan fingerprint density at radius 2 is 2.04 bits per heavy atom. The minimum Gasteiger partial charge on any atom is -0.494 e. The first-order valence-corrected chi connectivity index (χ1v) is 6.46. The number of nitrogen functional groups attached to an aromatic ring is 1. The number of esters is 1. The van der Waals surface area contributed by atoms with E-state index in [1.54, 1.807) is 6.07 Å². The van der Waals surface area contributed by atoms with Crippen LogP contribution in [0.25, 0.3) is 5.69 Å². The number of anilines is 1. The van der Waals surface area contributed by atoms with E-state index in [4.69, 9.17) is 15.7 Å². The van der Waals surface area contributed by atoms with Gasteiger partial charge < -0.3 is 24.9 Å². The van der Waals surface area contributed by atoms with Gasteiger partial charge in [-0.2, -0.15) is 5.26 Å². The zero-order chi connectivity index (χ0) is 18.0. The maximum Gasteiger partial charge on any atom is 0.357 e. The fourth-order valence-corrected chi connectivity index (χ4v) is 2.17. The molecule has 2 rings (SSSR count). The fourth-order valence-electron chi connectivity index (χ4n) is 2.17. The quantitative estimate of drug-likeness (QED) is 0.813. The van der Waals surface area contributed by atoms with Crippen LogP contribution in [-0.2, 0) is 4.74 Å². The second kappa shape index (κ2) is 6.29. The van der Waals surface area contributed by atoms with Crippen molar-refractivity contribution < 1.29 is 28.6 Å². The number of carbonyl (C=O) groups excluding carboxylic acids is 1. The van der Waals surface area contributed by atoms with E-state index in [0.717, 1.165) is 30.0 Å². The van der Waals surface area contributed by atoms with Crippen LogP contribution >= 0.6 is 0 Å². The van der Waals surface area contributed by atoms with Gasteiger partial charge in [0.05, 0.1) is 36.7 Å². The summed E-state index contributed by atoms with van der Waals surface area (Å²) in [7, 11) is 2.28. The predicted octanol–water partition coefficient (Wildman–Crippen LogP) is 1.56. The first-order valence-electron chi connectivity index (χ1n) is 6.46. The highest BCUT2D eigenvalue weighted by atomic mass is 19.1. The first-order chi connectivity index (χ1) is 11.3. The number of rotatable bonds is 4. The molecule has 0 fully saturated rings. The number of aromatic nitrogens is 1. The lowest BCUT2D eigenvalue weighted by molar-refractivity contribution is 0.0590. The molecule has 0 atom stereocenters. The largest absolute Gasteiger partial charge is 0.494 e. The lowest BCUT2D eigenvalue weighted by Gasteiger charge is -2.13. The molecule has 0 unspecified atom stereocenters. The van der Waals surface area contributed by atoms with Gasteiger partial charge >= 0.3 is 11.9 Å². The molecule has 0 bridgehead atoms. The van der Waals surface area contributed by atoms with Gasteiger partial charge in [-0.3, -0.25) is 0 Å². The van der Waals surface area contributed by atoms with E-state index < -0.39 is 17.8 Å². The molecule has 1 aromatic heterocycles. The number of aromatic carboxylic acids is 1. The minimum atomic E-state index is -1.38. The molecule has 0 amide bonds. The van der Waals surface area contributed by atoms with E-state index >= 15 is 0 Å². The SMILES string of the molecule is COC(=O)c1c(N)c(C#N)cn1-c1cc(F)c(OC)cc1C(=O)O. The molecule has 0 aliphatic carbocycles. The van der Waals surface area contributed by atoms with E-state index in [-0.39, 0.29) is 33.9 Å². The Morgan fingerprint density at radius 3 is 2.54 bits per heavy atom. The monoisotopic (exact) mass is 333 g/mol. The Morgan fingerprint density at radius 1 is 1.38 bits per heavy atom. The van der Waals surface area contributed by atoms with Gasteiger partial charge in [0.2, 0.25) is 0 Å². The third-order valence-electron chi connectivity index (χ3n) is 3.30. The van der Waals surface area contributed by atoms with Gasteiger partial charge in [0, 0.05) is 12.3 Å². The molecule has 0 saturated heterocycles. The van der Waals surface area contributed by atoms with Gasteiger partial charge in [0.25, 0.3) is 0 Å². The van der Waals surface area contributed by atoms with Crippen LogP contribution in [0, 0.1) is 17.1 Å². The van der Waals surface area contributed by atoms with Crippen LogP contribution in [0.15, 0.2) is 18.3 Å². The van der Waals surface area contributed by atoms with Crippen molar-refractivity contribution in [1.82, 2.24) is 4.57 Å². The average molecular weight is 333 g/mol. The summed E-state index contributed by atoms with van der Waals surface area (Å²) in [4.78, 5) is 23.4. The fraction of sp³-hybridized carbons (Fsp3) is 0.133. The van der Waals surface area contributed by atoms with Crippen molar-refractivity contribution in [3.8, 4) is 17.5 Å². The number of nitriles is 1. The van der Waals surface area contributed by atoms with Crippen LogP contribution in [-0.4, -0.2) is 35.8 Å². The standard InChI is InChI=1S/C15H12FN3O5/c1-23-11-3-8(14(20)21)10(4-9(11)16)19-6-7(5-17)12(18)13(19)15(22)24-2/h3-4,6H,18H2,1-2H3,(H,20,21). The molecule has 1 heterocycles. The maximum absolute atomic E-state index is 14.0. The number of methoxy groups -OCH3 is 2. The number of halogens is 1. The summed E-state index contributed by atoms with van der Waals surface area (Å²) in [6.45, 7) is 0. The summed E-state index contributed by atoms with van der Waals surface area (Å²) in [5.41, 5.74) is 4.64. The highest BCUT2D eigenvalue weighted by molar-refractivity contribution is 5.98. The van der Waals surface area contributed by atoms with Crippen molar-refractivity contribution in [2.45, 2.75) is 0 Å². The number of benzene rings is 1. The molecular weight excluding hydrogens is 321 g/mol. The highest BCUT2D eigenvalue weighted by Gasteiger charge is 2.25.